The summed E-state index contributed by atoms with van der Waals surface area (Å²) in [5.74, 6) is 1.98. The van der Waals surface area contributed by atoms with E-state index in [4.69, 9.17) is 9.72 Å². The first-order chi connectivity index (χ1) is 14.9. The molecule has 4 rings (SSSR count). The van der Waals surface area contributed by atoms with E-state index in [0.29, 0.717) is 18.7 Å². The van der Waals surface area contributed by atoms with E-state index in [1.54, 1.807) is 12.1 Å². The number of likely N-dealkylation sites (N-methyl/N-ethyl adjacent to an activating group) is 1. The van der Waals surface area contributed by atoms with Crippen molar-refractivity contribution in [3.05, 3.63) is 77.0 Å². The van der Waals surface area contributed by atoms with Crippen LogP contribution in [-0.2, 0) is 24.2 Å². The quantitative estimate of drug-likeness (QED) is 0.651. The number of carbonyl (C=O) groups is 1. The number of rotatable bonds is 6. The second kappa shape index (κ2) is 8.71. The molecule has 1 amide bonds. The molecule has 1 N–H and O–H groups in total. The summed E-state index contributed by atoms with van der Waals surface area (Å²) in [5, 5.41) is 2.90. The second-order valence-corrected chi connectivity index (χ2v) is 7.76. The maximum Gasteiger partial charge on any atom is 0.246 e. The average Bonchev–Trinajstić information content (AvgIpc) is 2.77. The SMILES string of the molecule is Cc1nc(CCc2ccc(OCc3ccc(F)cc3)cc2)nc2c1NC(=O)[C@@H](C)N2C. The van der Waals surface area contributed by atoms with Crippen molar-refractivity contribution in [1.82, 2.24) is 9.97 Å². The number of ether oxygens (including phenoxy) is 1. The van der Waals surface area contributed by atoms with Crippen LogP contribution in [0, 0.1) is 12.7 Å². The molecule has 0 saturated carbocycles. The molecule has 3 aromatic rings. The van der Waals surface area contributed by atoms with Gasteiger partial charge in [0, 0.05) is 13.5 Å². The van der Waals surface area contributed by atoms with Crippen LogP contribution in [0.25, 0.3) is 0 Å². The molecular formula is C24H25FN4O2. The van der Waals surface area contributed by atoms with Crippen LogP contribution >= 0.6 is 0 Å². The minimum Gasteiger partial charge on any atom is -0.489 e. The smallest absolute Gasteiger partial charge is 0.246 e. The Labute approximate surface area is 181 Å². The summed E-state index contributed by atoms with van der Waals surface area (Å²) in [4.78, 5) is 23.2. The van der Waals surface area contributed by atoms with Crippen LogP contribution in [0.4, 0.5) is 15.9 Å². The highest BCUT2D eigenvalue weighted by molar-refractivity contribution is 6.02. The van der Waals surface area contributed by atoms with E-state index in [1.165, 1.54) is 12.1 Å². The Hall–Kier alpha value is -3.48. The maximum absolute atomic E-state index is 13.0. The summed E-state index contributed by atoms with van der Waals surface area (Å²) in [6.07, 6.45) is 1.49. The van der Waals surface area contributed by atoms with Crippen LogP contribution in [0.15, 0.2) is 48.5 Å². The fourth-order valence-corrected chi connectivity index (χ4v) is 3.47. The molecule has 0 fully saturated rings. The Morgan fingerprint density at radius 1 is 1.03 bits per heavy atom. The lowest BCUT2D eigenvalue weighted by molar-refractivity contribution is -0.117. The number of hydrogen-bond acceptors (Lipinski definition) is 5. The number of carbonyl (C=O) groups excluding carboxylic acids is 1. The zero-order valence-corrected chi connectivity index (χ0v) is 17.9. The topological polar surface area (TPSA) is 67.4 Å². The Balaban J connectivity index is 1.38. The third kappa shape index (κ3) is 4.66. The number of amides is 1. The minimum atomic E-state index is -0.267. The van der Waals surface area contributed by atoms with E-state index in [1.807, 2.05) is 50.1 Å². The molecule has 1 aliphatic rings. The number of fused-ring (bicyclic) bond motifs is 1. The first-order valence-electron chi connectivity index (χ1n) is 10.3. The molecule has 0 unspecified atom stereocenters. The van der Waals surface area contributed by atoms with E-state index in [0.717, 1.165) is 40.6 Å². The Morgan fingerprint density at radius 3 is 2.42 bits per heavy atom. The summed E-state index contributed by atoms with van der Waals surface area (Å²) in [6.45, 7) is 4.14. The number of nitrogens with zero attached hydrogens (tertiary/aromatic N) is 3. The maximum atomic E-state index is 13.0. The van der Waals surface area contributed by atoms with Crippen LogP contribution < -0.4 is 15.0 Å². The molecule has 160 valence electrons. The van der Waals surface area contributed by atoms with Crippen LogP contribution in [0.5, 0.6) is 5.75 Å². The zero-order valence-electron chi connectivity index (χ0n) is 17.9. The highest BCUT2D eigenvalue weighted by Crippen LogP contribution is 2.31. The van der Waals surface area contributed by atoms with E-state index in [2.05, 4.69) is 10.3 Å². The number of anilines is 2. The van der Waals surface area contributed by atoms with Crippen molar-refractivity contribution >= 4 is 17.4 Å². The van der Waals surface area contributed by atoms with Gasteiger partial charge in [-0.2, -0.15) is 0 Å². The third-order valence-corrected chi connectivity index (χ3v) is 5.54. The molecule has 0 radical (unpaired) electrons. The van der Waals surface area contributed by atoms with Gasteiger partial charge in [0.05, 0.1) is 5.69 Å². The van der Waals surface area contributed by atoms with Gasteiger partial charge in [0.1, 0.15) is 35.7 Å². The van der Waals surface area contributed by atoms with Crippen molar-refractivity contribution in [2.75, 3.05) is 17.3 Å². The number of benzene rings is 2. The lowest BCUT2D eigenvalue weighted by Gasteiger charge is -2.32. The number of hydrogen-bond donors (Lipinski definition) is 1. The molecular weight excluding hydrogens is 395 g/mol. The fourth-order valence-electron chi connectivity index (χ4n) is 3.47. The molecule has 0 bridgehead atoms. The molecule has 0 spiro atoms. The van der Waals surface area contributed by atoms with Crippen molar-refractivity contribution in [3.8, 4) is 5.75 Å². The van der Waals surface area contributed by atoms with Crippen molar-refractivity contribution in [2.45, 2.75) is 39.3 Å². The predicted octanol–water partition coefficient (Wildman–Crippen LogP) is 4.07. The van der Waals surface area contributed by atoms with Crippen molar-refractivity contribution in [1.29, 1.82) is 0 Å². The summed E-state index contributed by atoms with van der Waals surface area (Å²) in [5.41, 5.74) is 3.54. The molecule has 31 heavy (non-hydrogen) atoms. The highest BCUT2D eigenvalue weighted by Gasteiger charge is 2.30. The summed E-state index contributed by atoms with van der Waals surface area (Å²) in [6, 6.07) is 13.9. The Bertz CT molecular complexity index is 1080. The normalized spacial score (nSPS) is 15.4. The average molecular weight is 420 g/mol. The van der Waals surface area contributed by atoms with Crippen LogP contribution in [0.2, 0.25) is 0 Å². The highest BCUT2D eigenvalue weighted by atomic mass is 19.1. The van der Waals surface area contributed by atoms with Gasteiger partial charge in [-0.25, -0.2) is 14.4 Å². The largest absolute Gasteiger partial charge is 0.489 e. The summed E-state index contributed by atoms with van der Waals surface area (Å²) >= 11 is 0. The lowest BCUT2D eigenvalue weighted by Crippen LogP contribution is -2.45. The number of halogens is 1. The standard InChI is InChI=1S/C24H25FN4O2/c1-15-22-23(29(3)16(2)24(30)28-22)27-21(26-15)13-8-17-6-11-20(12-7-17)31-14-18-4-9-19(25)10-5-18/h4-7,9-12,16H,8,13-14H2,1-3H3,(H,28,30)/t16-/m1/s1. The van der Waals surface area contributed by atoms with Gasteiger partial charge in [-0.15, -0.1) is 0 Å². The first-order valence-corrected chi connectivity index (χ1v) is 10.3. The summed E-state index contributed by atoms with van der Waals surface area (Å²) in [7, 11) is 1.88. The molecule has 1 aromatic heterocycles. The second-order valence-electron chi connectivity index (χ2n) is 7.76. The van der Waals surface area contributed by atoms with Crippen LogP contribution in [-0.4, -0.2) is 29.0 Å². The van der Waals surface area contributed by atoms with Gasteiger partial charge in [0.15, 0.2) is 5.82 Å². The minimum absolute atomic E-state index is 0.0452. The zero-order chi connectivity index (χ0) is 22.0. The van der Waals surface area contributed by atoms with Gasteiger partial charge in [-0.1, -0.05) is 24.3 Å². The van der Waals surface area contributed by atoms with Crippen molar-refractivity contribution < 1.29 is 13.9 Å². The molecule has 1 aliphatic heterocycles. The molecule has 1 atom stereocenters. The number of aryl methyl sites for hydroxylation is 3. The molecule has 0 aliphatic carbocycles. The first kappa shape index (κ1) is 20.8. The van der Waals surface area contributed by atoms with Crippen LogP contribution in [0.1, 0.15) is 29.6 Å². The van der Waals surface area contributed by atoms with E-state index < -0.39 is 0 Å². The Kier molecular flexibility index (Phi) is 5.84. The van der Waals surface area contributed by atoms with Gasteiger partial charge in [0.2, 0.25) is 5.91 Å². The van der Waals surface area contributed by atoms with Crippen molar-refractivity contribution in [3.63, 3.8) is 0 Å². The molecule has 2 heterocycles. The van der Waals surface area contributed by atoms with Gasteiger partial charge >= 0.3 is 0 Å². The molecule has 2 aromatic carbocycles. The van der Waals surface area contributed by atoms with E-state index in [-0.39, 0.29) is 17.8 Å². The Morgan fingerprint density at radius 2 is 1.71 bits per heavy atom. The van der Waals surface area contributed by atoms with Crippen molar-refractivity contribution in [2.24, 2.45) is 0 Å². The predicted molar refractivity (Wildman–Crippen MR) is 118 cm³/mol. The van der Waals surface area contributed by atoms with E-state index in [9.17, 15) is 9.18 Å². The molecule has 0 saturated heterocycles. The van der Waals surface area contributed by atoms with Gasteiger partial charge in [-0.3, -0.25) is 4.79 Å². The monoisotopic (exact) mass is 420 g/mol. The van der Waals surface area contributed by atoms with E-state index >= 15 is 0 Å². The number of aromatic nitrogens is 2. The van der Waals surface area contributed by atoms with Gasteiger partial charge < -0.3 is 15.0 Å². The molecule has 6 nitrogen and oxygen atoms in total. The van der Waals surface area contributed by atoms with Gasteiger partial charge in [-0.05, 0) is 55.7 Å². The molecule has 7 heteroatoms. The summed E-state index contributed by atoms with van der Waals surface area (Å²) < 4.78 is 18.7. The van der Waals surface area contributed by atoms with Gasteiger partial charge in [0.25, 0.3) is 0 Å². The van der Waals surface area contributed by atoms with Crippen LogP contribution in [0.3, 0.4) is 0 Å². The number of nitrogens with one attached hydrogen (secondary N) is 1. The fraction of sp³-hybridized carbons (Fsp3) is 0.292. The lowest BCUT2D eigenvalue weighted by atomic mass is 10.1. The third-order valence-electron chi connectivity index (χ3n) is 5.54.